The van der Waals surface area contributed by atoms with Crippen LogP contribution in [-0.2, 0) is 21.2 Å². The molecule has 1 N–H and O–H groups in total. The molecule has 0 spiro atoms. The smallest absolute Gasteiger partial charge is 0.264 e. The van der Waals surface area contributed by atoms with Crippen LogP contribution in [0.5, 0.6) is 5.75 Å². The molecule has 0 fully saturated rings. The molecule has 0 bridgehead atoms. The van der Waals surface area contributed by atoms with Gasteiger partial charge in [0.05, 0.1) is 23.2 Å². The summed E-state index contributed by atoms with van der Waals surface area (Å²) >= 11 is 0. The fraction of sp³-hybridized carbons (Fsp3) is 0.296. The number of nitrogens with one attached hydrogen (secondary N) is 1. The molecule has 1 aliphatic carbocycles. The minimum atomic E-state index is -3.96. The summed E-state index contributed by atoms with van der Waals surface area (Å²) in [7, 11) is -3.96. The molecule has 0 saturated heterocycles. The van der Waals surface area contributed by atoms with Crippen molar-refractivity contribution in [2.75, 3.05) is 17.5 Å². The summed E-state index contributed by atoms with van der Waals surface area (Å²) in [5, 5.41) is 3.07. The minimum Gasteiger partial charge on any atom is -0.494 e. The van der Waals surface area contributed by atoms with Crippen molar-refractivity contribution in [2.24, 2.45) is 0 Å². The Kier molecular flexibility index (Phi) is 7.22. The monoisotopic (exact) mass is 478 g/mol. The van der Waals surface area contributed by atoms with Gasteiger partial charge < -0.3 is 10.1 Å². The normalized spacial score (nSPS) is 15.3. The molecule has 7 heteroatoms. The molecular formula is C27H30N2O4S. The van der Waals surface area contributed by atoms with Gasteiger partial charge >= 0.3 is 0 Å². The lowest BCUT2D eigenvalue weighted by molar-refractivity contribution is -0.120. The first-order valence-corrected chi connectivity index (χ1v) is 13.0. The summed E-state index contributed by atoms with van der Waals surface area (Å²) in [5.41, 5.74) is 3.70. The van der Waals surface area contributed by atoms with Gasteiger partial charge in [0.25, 0.3) is 10.0 Å². The summed E-state index contributed by atoms with van der Waals surface area (Å²) in [5.74, 6) is 0.300. The van der Waals surface area contributed by atoms with E-state index in [0.717, 1.165) is 34.7 Å². The Balaban J connectivity index is 1.62. The minimum absolute atomic E-state index is 0.123. The van der Waals surface area contributed by atoms with Crippen molar-refractivity contribution in [3.8, 4) is 5.75 Å². The van der Waals surface area contributed by atoms with E-state index in [2.05, 4.69) is 11.4 Å². The lowest BCUT2D eigenvalue weighted by Crippen LogP contribution is -2.42. The van der Waals surface area contributed by atoms with Crippen LogP contribution in [0.3, 0.4) is 0 Å². The van der Waals surface area contributed by atoms with Crippen LogP contribution in [0.25, 0.3) is 0 Å². The number of nitrogens with zero attached hydrogens (tertiary/aromatic N) is 1. The second-order valence-electron chi connectivity index (χ2n) is 8.46. The third-order valence-electron chi connectivity index (χ3n) is 6.04. The Morgan fingerprint density at radius 2 is 1.74 bits per heavy atom. The molecule has 0 saturated carbocycles. The zero-order valence-corrected chi connectivity index (χ0v) is 20.3. The highest BCUT2D eigenvalue weighted by molar-refractivity contribution is 7.92. The molecule has 34 heavy (non-hydrogen) atoms. The standard InChI is InChI=1S/C27H30N2O4S/c1-3-33-23-15-13-22(14-16-23)29(34(31,32)24-17-11-20(2)12-18-24)19-27(30)28-26-10-6-8-21-7-4-5-9-25(21)26/h4-5,7,9,11-18,26H,3,6,8,10,19H2,1-2H3,(H,28,30)/t26-/m0/s1. The van der Waals surface area contributed by atoms with E-state index < -0.39 is 10.0 Å². The van der Waals surface area contributed by atoms with Gasteiger partial charge in [-0.25, -0.2) is 8.42 Å². The third-order valence-corrected chi connectivity index (χ3v) is 7.82. The molecule has 3 aromatic carbocycles. The van der Waals surface area contributed by atoms with Crippen molar-refractivity contribution >= 4 is 21.6 Å². The van der Waals surface area contributed by atoms with Crippen LogP contribution in [0.15, 0.2) is 77.7 Å². The highest BCUT2D eigenvalue weighted by Crippen LogP contribution is 2.30. The van der Waals surface area contributed by atoms with Crippen molar-refractivity contribution in [1.29, 1.82) is 0 Å². The number of amides is 1. The molecule has 1 aliphatic rings. The Bertz CT molecular complexity index is 1240. The van der Waals surface area contributed by atoms with Crippen LogP contribution in [0.1, 0.15) is 42.5 Å². The zero-order valence-electron chi connectivity index (χ0n) is 19.5. The predicted octanol–water partition coefficient (Wildman–Crippen LogP) is 4.78. The number of aryl methyl sites for hydroxylation is 2. The van der Waals surface area contributed by atoms with E-state index in [9.17, 15) is 13.2 Å². The SMILES string of the molecule is CCOc1ccc(N(CC(=O)N[C@H]2CCCc3ccccc32)S(=O)(=O)c2ccc(C)cc2)cc1. The highest BCUT2D eigenvalue weighted by Gasteiger charge is 2.29. The number of anilines is 1. The van der Waals surface area contributed by atoms with Crippen LogP contribution in [-0.4, -0.2) is 27.5 Å². The molecule has 3 aromatic rings. The van der Waals surface area contributed by atoms with Gasteiger partial charge in [-0.1, -0.05) is 42.0 Å². The summed E-state index contributed by atoms with van der Waals surface area (Å²) < 4.78 is 33.8. The number of carbonyl (C=O) groups is 1. The molecule has 0 aliphatic heterocycles. The Hall–Kier alpha value is -3.32. The van der Waals surface area contributed by atoms with Crippen molar-refractivity contribution in [3.05, 3.63) is 89.5 Å². The number of hydrogen-bond donors (Lipinski definition) is 1. The summed E-state index contributed by atoms with van der Waals surface area (Å²) in [4.78, 5) is 13.3. The number of sulfonamides is 1. The Morgan fingerprint density at radius 3 is 2.44 bits per heavy atom. The van der Waals surface area contributed by atoms with Crippen LogP contribution < -0.4 is 14.4 Å². The Morgan fingerprint density at radius 1 is 1.03 bits per heavy atom. The number of benzene rings is 3. The number of ether oxygens (including phenoxy) is 1. The average molecular weight is 479 g/mol. The van der Waals surface area contributed by atoms with E-state index in [0.29, 0.717) is 18.0 Å². The maximum atomic E-state index is 13.6. The fourth-order valence-corrected chi connectivity index (χ4v) is 5.72. The fourth-order valence-electron chi connectivity index (χ4n) is 4.30. The third kappa shape index (κ3) is 5.25. The zero-order chi connectivity index (χ0) is 24.1. The highest BCUT2D eigenvalue weighted by atomic mass is 32.2. The average Bonchev–Trinajstić information content (AvgIpc) is 2.84. The second kappa shape index (κ2) is 10.3. The van der Waals surface area contributed by atoms with Gasteiger partial charge in [0.15, 0.2) is 0 Å². The van der Waals surface area contributed by atoms with Crippen LogP contribution in [0.2, 0.25) is 0 Å². The van der Waals surface area contributed by atoms with Gasteiger partial charge in [-0.3, -0.25) is 9.10 Å². The molecule has 0 unspecified atom stereocenters. The largest absolute Gasteiger partial charge is 0.494 e. The summed E-state index contributed by atoms with van der Waals surface area (Å²) in [6, 6.07) is 21.4. The Labute approximate surface area is 201 Å². The molecule has 1 atom stereocenters. The molecule has 178 valence electrons. The van der Waals surface area contributed by atoms with Crippen molar-refractivity contribution in [1.82, 2.24) is 5.32 Å². The first-order chi connectivity index (χ1) is 16.4. The van der Waals surface area contributed by atoms with Crippen molar-refractivity contribution in [2.45, 2.75) is 44.0 Å². The number of fused-ring (bicyclic) bond motifs is 1. The number of hydrogen-bond acceptors (Lipinski definition) is 4. The molecule has 4 rings (SSSR count). The van der Waals surface area contributed by atoms with E-state index in [4.69, 9.17) is 4.74 Å². The quantitative estimate of drug-likeness (QED) is 0.505. The van der Waals surface area contributed by atoms with Gasteiger partial charge in [0, 0.05) is 0 Å². The van der Waals surface area contributed by atoms with Gasteiger partial charge in [0.1, 0.15) is 12.3 Å². The molecule has 1 amide bonds. The molecule has 0 radical (unpaired) electrons. The van der Waals surface area contributed by atoms with E-state index in [1.54, 1.807) is 48.5 Å². The first-order valence-electron chi connectivity index (χ1n) is 11.6. The van der Waals surface area contributed by atoms with Gasteiger partial charge in [-0.05, 0) is 80.6 Å². The lowest BCUT2D eigenvalue weighted by Gasteiger charge is -2.29. The molecule has 0 heterocycles. The topological polar surface area (TPSA) is 75.7 Å². The lowest BCUT2D eigenvalue weighted by atomic mass is 9.88. The van der Waals surface area contributed by atoms with E-state index >= 15 is 0 Å². The van der Waals surface area contributed by atoms with Gasteiger partial charge in [-0.15, -0.1) is 0 Å². The van der Waals surface area contributed by atoms with E-state index in [1.807, 2.05) is 32.0 Å². The number of rotatable bonds is 8. The van der Waals surface area contributed by atoms with Crippen LogP contribution in [0, 0.1) is 6.92 Å². The summed E-state index contributed by atoms with van der Waals surface area (Å²) in [6.45, 7) is 3.98. The maximum absolute atomic E-state index is 13.6. The summed E-state index contributed by atoms with van der Waals surface area (Å²) in [6.07, 6.45) is 2.80. The van der Waals surface area contributed by atoms with Gasteiger partial charge in [0.2, 0.25) is 5.91 Å². The van der Waals surface area contributed by atoms with Crippen LogP contribution in [0.4, 0.5) is 5.69 Å². The molecule has 6 nitrogen and oxygen atoms in total. The molecular weight excluding hydrogens is 448 g/mol. The first kappa shape index (κ1) is 23.8. The van der Waals surface area contributed by atoms with E-state index in [1.165, 1.54) is 5.56 Å². The molecule has 0 aromatic heterocycles. The van der Waals surface area contributed by atoms with Crippen molar-refractivity contribution in [3.63, 3.8) is 0 Å². The predicted molar refractivity (Wildman–Crippen MR) is 134 cm³/mol. The van der Waals surface area contributed by atoms with Crippen molar-refractivity contribution < 1.29 is 17.9 Å². The number of carbonyl (C=O) groups excluding carboxylic acids is 1. The maximum Gasteiger partial charge on any atom is 0.264 e. The second-order valence-corrected chi connectivity index (χ2v) is 10.3. The van der Waals surface area contributed by atoms with Crippen LogP contribution >= 0.6 is 0 Å². The van der Waals surface area contributed by atoms with E-state index in [-0.39, 0.29) is 23.4 Å². The van der Waals surface area contributed by atoms with Gasteiger partial charge in [-0.2, -0.15) is 0 Å².